The minimum absolute atomic E-state index is 0.0141. The van der Waals surface area contributed by atoms with E-state index < -0.39 is 23.3 Å². The van der Waals surface area contributed by atoms with E-state index in [1.807, 2.05) is 0 Å². The average Bonchev–Trinajstić information content (AvgIpc) is 2.99. The number of allylic oxidation sites excluding steroid dienone is 1. The van der Waals surface area contributed by atoms with E-state index in [-0.39, 0.29) is 29.9 Å². The van der Waals surface area contributed by atoms with Gasteiger partial charge in [0.2, 0.25) is 5.82 Å². The standard InChI is InChI=1S/C35H40F4O2/c1-3-5-7-23-41-31-21-20-30(34(38)35(31)39)25-11-8-24(9-12-25)10-13-27-16-19-29(33(37)32(27)36)26-14-17-28(18-15-26)40-22-6-4-2/h3,8-9,11-12,16,19-21,26,28H,1,4-7,10,13-15,17-18,22-23H2,2H3. The molecule has 0 bridgehead atoms. The summed E-state index contributed by atoms with van der Waals surface area (Å²) in [5.74, 6) is -3.59. The third kappa shape index (κ3) is 8.00. The molecule has 0 N–H and O–H groups in total. The van der Waals surface area contributed by atoms with Gasteiger partial charge >= 0.3 is 0 Å². The van der Waals surface area contributed by atoms with Crippen molar-refractivity contribution in [1.29, 1.82) is 0 Å². The Morgan fingerprint density at radius 3 is 2.24 bits per heavy atom. The molecule has 1 fully saturated rings. The van der Waals surface area contributed by atoms with Gasteiger partial charge in [-0.25, -0.2) is 13.2 Å². The summed E-state index contributed by atoms with van der Waals surface area (Å²) in [6, 6.07) is 13.4. The van der Waals surface area contributed by atoms with E-state index >= 15 is 8.78 Å². The zero-order chi connectivity index (χ0) is 29.2. The van der Waals surface area contributed by atoms with Crippen molar-refractivity contribution in [3.63, 3.8) is 0 Å². The van der Waals surface area contributed by atoms with Gasteiger partial charge in [-0.3, -0.25) is 0 Å². The lowest BCUT2D eigenvalue weighted by atomic mass is 9.82. The molecule has 0 aromatic heterocycles. The minimum atomic E-state index is -1.01. The summed E-state index contributed by atoms with van der Waals surface area (Å²) in [5.41, 5.74) is 2.35. The summed E-state index contributed by atoms with van der Waals surface area (Å²) >= 11 is 0. The highest BCUT2D eigenvalue weighted by Gasteiger charge is 2.26. The van der Waals surface area contributed by atoms with Gasteiger partial charge in [0.25, 0.3) is 0 Å². The van der Waals surface area contributed by atoms with Crippen molar-refractivity contribution in [2.75, 3.05) is 13.2 Å². The van der Waals surface area contributed by atoms with E-state index in [2.05, 4.69) is 13.5 Å². The predicted molar refractivity (Wildman–Crippen MR) is 156 cm³/mol. The van der Waals surface area contributed by atoms with Gasteiger partial charge in [-0.1, -0.05) is 55.8 Å². The Morgan fingerprint density at radius 1 is 0.780 bits per heavy atom. The van der Waals surface area contributed by atoms with Crippen LogP contribution in [0, 0.1) is 23.3 Å². The van der Waals surface area contributed by atoms with Gasteiger partial charge in [0.05, 0.1) is 12.7 Å². The number of aryl methyl sites for hydroxylation is 2. The number of halogens is 4. The van der Waals surface area contributed by atoms with E-state index in [0.29, 0.717) is 36.0 Å². The topological polar surface area (TPSA) is 18.5 Å². The van der Waals surface area contributed by atoms with Crippen LogP contribution >= 0.6 is 0 Å². The Morgan fingerprint density at radius 2 is 1.54 bits per heavy atom. The monoisotopic (exact) mass is 568 g/mol. The number of ether oxygens (including phenoxy) is 2. The van der Waals surface area contributed by atoms with Gasteiger partial charge in [-0.2, -0.15) is 4.39 Å². The average molecular weight is 569 g/mol. The molecule has 0 amide bonds. The summed E-state index contributed by atoms with van der Waals surface area (Å²) in [5, 5.41) is 0. The van der Waals surface area contributed by atoms with Crippen molar-refractivity contribution in [2.45, 2.75) is 83.2 Å². The van der Waals surface area contributed by atoms with Crippen LogP contribution in [0.25, 0.3) is 11.1 Å². The normalized spacial score (nSPS) is 17.0. The quantitative estimate of drug-likeness (QED) is 0.109. The molecule has 1 aliphatic rings. The lowest BCUT2D eigenvalue weighted by molar-refractivity contribution is 0.0230. The highest BCUT2D eigenvalue weighted by Crippen LogP contribution is 2.37. The fourth-order valence-corrected chi connectivity index (χ4v) is 5.45. The lowest BCUT2D eigenvalue weighted by Crippen LogP contribution is -2.22. The van der Waals surface area contributed by atoms with Crippen LogP contribution in [0.4, 0.5) is 17.6 Å². The molecule has 0 atom stereocenters. The van der Waals surface area contributed by atoms with Crippen molar-refractivity contribution in [3.8, 4) is 16.9 Å². The number of hydrogen-bond donors (Lipinski definition) is 0. The molecule has 4 rings (SSSR count). The van der Waals surface area contributed by atoms with Crippen LogP contribution in [0.5, 0.6) is 5.75 Å². The number of rotatable bonds is 14. The molecule has 1 saturated carbocycles. The van der Waals surface area contributed by atoms with E-state index in [0.717, 1.165) is 57.1 Å². The van der Waals surface area contributed by atoms with Crippen molar-refractivity contribution < 1.29 is 27.0 Å². The molecule has 0 heterocycles. The first kappa shape index (κ1) is 30.8. The van der Waals surface area contributed by atoms with Crippen LogP contribution in [-0.4, -0.2) is 19.3 Å². The molecule has 3 aromatic carbocycles. The highest BCUT2D eigenvalue weighted by molar-refractivity contribution is 5.65. The maximum Gasteiger partial charge on any atom is 0.201 e. The maximum absolute atomic E-state index is 15.1. The van der Waals surface area contributed by atoms with Gasteiger partial charge in [0, 0.05) is 12.2 Å². The van der Waals surface area contributed by atoms with Crippen LogP contribution in [0.1, 0.15) is 80.9 Å². The van der Waals surface area contributed by atoms with Crippen LogP contribution in [0.2, 0.25) is 0 Å². The predicted octanol–water partition coefficient (Wildman–Crippen LogP) is 9.88. The first-order valence-electron chi connectivity index (χ1n) is 14.8. The minimum Gasteiger partial charge on any atom is -0.490 e. The summed E-state index contributed by atoms with van der Waals surface area (Å²) in [7, 11) is 0. The fourth-order valence-electron chi connectivity index (χ4n) is 5.45. The van der Waals surface area contributed by atoms with Crippen molar-refractivity contribution in [2.24, 2.45) is 0 Å². The molecule has 0 unspecified atom stereocenters. The molecule has 3 aromatic rings. The second-order valence-electron chi connectivity index (χ2n) is 10.9. The largest absolute Gasteiger partial charge is 0.490 e. The van der Waals surface area contributed by atoms with E-state index in [1.54, 1.807) is 42.5 Å². The fraction of sp³-hybridized carbons (Fsp3) is 0.429. The number of unbranched alkanes of at least 4 members (excludes halogenated alkanes) is 2. The maximum atomic E-state index is 15.1. The molecule has 41 heavy (non-hydrogen) atoms. The third-order valence-corrected chi connectivity index (χ3v) is 7.96. The molecule has 0 spiro atoms. The Hall–Kier alpha value is -3.12. The molecular formula is C35H40F4O2. The second kappa shape index (κ2) is 15.2. The van der Waals surface area contributed by atoms with Crippen LogP contribution in [0.3, 0.4) is 0 Å². The zero-order valence-electron chi connectivity index (χ0n) is 23.9. The Labute approximate surface area is 241 Å². The van der Waals surface area contributed by atoms with E-state index in [4.69, 9.17) is 9.47 Å². The lowest BCUT2D eigenvalue weighted by Gasteiger charge is -2.29. The van der Waals surface area contributed by atoms with Gasteiger partial charge in [-0.05, 0) is 98.1 Å². The van der Waals surface area contributed by atoms with Gasteiger partial charge < -0.3 is 9.47 Å². The summed E-state index contributed by atoms with van der Waals surface area (Å²) in [6.45, 7) is 6.80. The van der Waals surface area contributed by atoms with Crippen LogP contribution in [-0.2, 0) is 17.6 Å². The molecule has 1 aliphatic carbocycles. The van der Waals surface area contributed by atoms with Gasteiger partial charge in [0.15, 0.2) is 23.2 Å². The van der Waals surface area contributed by atoms with Crippen molar-refractivity contribution in [1.82, 2.24) is 0 Å². The summed E-state index contributed by atoms with van der Waals surface area (Å²) in [4.78, 5) is 0. The summed E-state index contributed by atoms with van der Waals surface area (Å²) < 4.78 is 70.7. The number of hydrogen-bond acceptors (Lipinski definition) is 2. The van der Waals surface area contributed by atoms with E-state index in [1.165, 1.54) is 12.1 Å². The summed E-state index contributed by atoms with van der Waals surface area (Å²) in [6.07, 6.45) is 9.69. The van der Waals surface area contributed by atoms with Crippen molar-refractivity contribution in [3.05, 3.63) is 101 Å². The first-order valence-corrected chi connectivity index (χ1v) is 14.8. The Bertz CT molecular complexity index is 1280. The molecule has 0 aliphatic heterocycles. The SMILES string of the molecule is C=CCCCOc1ccc(-c2ccc(CCc3ccc(C4CCC(OCCCC)CC4)c(F)c3F)cc2)c(F)c1F. The molecular weight excluding hydrogens is 528 g/mol. The van der Waals surface area contributed by atoms with E-state index in [9.17, 15) is 8.78 Å². The third-order valence-electron chi connectivity index (χ3n) is 7.96. The van der Waals surface area contributed by atoms with Gasteiger partial charge in [-0.15, -0.1) is 6.58 Å². The molecule has 6 heteroatoms. The number of benzene rings is 3. The molecule has 0 saturated heterocycles. The molecule has 2 nitrogen and oxygen atoms in total. The van der Waals surface area contributed by atoms with Crippen LogP contribution in [0.15, 0.2) is 61.2 Å². The first-order chi connectivity index (χ1) is 19.9. The van der Waals surface area contributed by atoms with Crippen LogP contribution < -0.4 is 4.74 Å². The molecule has 0 radical (unpaired) electrons. The Kier molecular flexibility index (Phi) is 11.4. The second-order valence-corrected chi connectivity index (χ2v) is 10.9. The highest BCUT2D eigenvalue weighted by atomic mass is 19.2. The smallest absolute Gasteiger partial charge is 0.201 e. The Balaban J connectivity index is 1.34. The van der Waals surface area contributed by atoms with Gasteiger partial charge in [0.1, 0.15) is 0 Å². The zero-order valence-corrected chi connectivity index (χ0v) is 23.9. The molecule has 220 valence electrons. The van der Waals surface area contributed by atoms with Crippen molar-refractivity contribution >= 4 is 0 Å².